The van der Waals surface area contributed by atoms with Gasteiger partial charge in [-0.25, -0.2) is 0 Å². The largest absolute Gasteiger partial charge is 0.493 e. The molecule has 0 unspecified atom stereocenters. The number of hydrogen-bond donors (Lipinski definition) is 1. The summed E-state index contributed by atoms with van der Waals surface area (Å²) in [4.78, 5) is 34.9. The zero-order valence-corrected chi connectivity index (χ0v) is 18.3. The summed E-state index contributed by atoms with van der Waals surface area (Å²) in [6.45, 7) is 1.74. The van der Waals surface area contributed by atoms with E-state index in [9.17, 15) is 19.7 Å². The fourth-order valence-electron chi connectivity index (χ4n) is 2.92. The number of nitrogens with one attached hydrogen (secondary N) is 1. The van der Waals surface area contributed by atoms with Crippen LogP contribution in [0.1, 0.15) is 21.6 Å². The van der Waals surface area contributed by atoms with Crippen LogP contribution in [0.4, 0.5) is 11.4 Å². The number of nitrogens with zero attached hydrogens (tertiary/aromatic N) is 3. The van der Waals surface area contributed by atoms with E-state index in [-0.39, 0.29) is 23.9 Å². The molecule has 0 aliphatic carbocycles. The first-order valence-corrected chi connectivity index (χ1v) is 9.84. The fraction of sp³-hybridized carbons (Fsp3) is 0.174. The Labute approximate surface area is 189 Å². The highest BCUT2D eigenvalue weighted by Crippen LogP contribution is 2.29. The Morgan fingerprint density at radius 2 is 1.91 bits per heavy atom. The van der Waals surface area contributed by atoms with E-state index in [2.05, 4.69) is 10.4 Å². The molecule has 1 amide bonds. The summed E-state index contributed by atoms with van der Waals surface area (Å²) in [5.74, 6) is -0.223. The molecule has 0 aliphatic rings. The summed E-state index contributed by atoms with van der Waals surface area (Å²) >= 11 is 0. The number of carbonyl (C=O) groups is 2. The van der Waals surface area contributed by atoms with Gasteiger partial charge >= 0.3 is 5.69 Å². The molecule has 0 saturated carbocycles. The molecule has 3 aromatic rings. The van der Waals surface area contributed by atoms with Gasteiger partial charge in [-0.05, 0) is 42.8 Å². The second-order valence-corrected chi connectivity index (χ2v) is 7.10. The fourth-order valence-corrected chi connectivity index (χ4v) is 2.92. The third-order valence-corrected chi connectivity index (χ3v) is 4.55. The van der Waals surface area contributed by atoms with Gasteiger partial charge in [-0.15, -0.1) is 0 Å². The third kappa shape index (κ3) is 6.03. The van der Waals surface area contributed by atoms with Gasteiger partial charge in [0.15, 0.2) is 18.1 Å². The van der Waals surface area contributed by atoms with E-state index in [1.54, 1.807) is 30.3 Å². The Hall–Kier alpha value is -4.47. The molecular formula is C23H22N4O6. The number of hydrogen-bond acceptors (Lipinski definition) is 7. The van der Waals surface area contributed by atoms with E-state index in [0.29, 0.717) is 22.7 Å². The quantitative estimate of drug-likeness (QED) is 0.229. The van der Waals surface area contributed by atoms with Crippen molar-refractivity contribution in [3.63, 3.8) is 0 Å². The smallest absolute Gasteiger partial charge is 0.318 e. The lowest BCUT2D eigenvalue weighted by atomic mass is 10.1. The maximum absolute atomic E-state index is 12.4. The Kier molecular flexibility index (Phi) is 7.19. The number of ketones is 1. The highest BCUT2D eigenvalue weighted by molar-refractivity contribution is 6.08. The normalized spacial score (nSPS) is 10.8. The number of carbonyl (C=O) groups excluding carboxylic acids is 2. The SMILES string of the molecule is COc1cc(/C=C/C(=O)c2nn(C)cc2[N+](=O)[O-])ccc1OCC(=O)Nc1ccc(C)cc1. The molecule has 0 atom stereocenters. The second kappa shape index (κ2) is 10.2. The Balaban J connectivity index is 1.65. The van der Waals surface area contributed by atoms with Crippen molar-refractivity contribution >= 4 is 29.1 Å². The predicted octanol–water partition coefficient (Wildman–Crippen LogP) is 3.56. The number of amides is 1. The van der Waals surface area contributed by atoms with Gasteiger partial charge in [0.2, 0.25) is 11.5 Å². The Morgan fingerprint density at radius 1 is 1.18 bits per heavy atom. The number of benzene rings is 2. The molecule has 0 bridgehead atoms. The van der Waals surface area contributed by atoms with E-state index >= 15 is 0 Å². The standard InChI is InChI=1S/C23H22N4O6/c1-15-4-8-17(9-5-15)24-22(29)14-33-20-11-7-16(12-21(20)32-3)6-10-19(28)23-18(27(30)31)13-26(2)25-23/h4-13H,14H2,1-3H3,(H,24,29)/b10-6+. The first kappa shape index (κ1) is 23.2. The molecule has 0 saturated heterocycles. The number of rotatable bonds is 9. The van der Waals surface area contributed by atoms with Gasteiger partial charge in [0, 0.05) is 12.7 Å². The minimum atomic E-state index is -0.655. The molecule has 10 heteroatoms. The molecule has 0 aliphatic heterocycles. The number of nitro groups is 1. The van der Waals surface area contributed by atoms with Crippen LogP contribution in [-0.4, -0.2) is 40.1 Å². The van der Waals surface area contributed by atoms with Crippen LogP contribution in [0.3, 0.4) is 0 Å². The molecule has 2 aromatic carbocycles. The van der Waals surface area contributed by atoms with Crippen LogP contribution < -0.4 is 14.8 Å². The lowest BCUT2D eigenvalue weighted by Crippen LogP contribution is -2.20. The number of allylic oxidation sites excluding steroid dienone is 1. The average molecular weight is 450 g/mol. The highest BCUT2D eigenvalue weighted by Gasteiger charge is 2.23. The summed E-state index contributed by atoms with van der Waals surface area (Å²) in [7, 11) is 2.95. The van der Waals surface area contributed by atoms with Crippen molar-refractivity contribution in [2.24, 2.45) is 7.05 Å². The Morgan fingerprint density at radius 3 is 2.58 bits per heavy atom. The van der Waals surface area contributed by atoms with Crippen molar-refractivity contribution < 1.29 is 24.0 Å². The van der Waals surface area contributed by atoms with Crippen LogP contribution in [0.5, 0.6) is 11.5 Å². The summed E-state index contributed by atoms with van der Waals surface area (Å²) < 4.78 is 12.1. The minimum Gasteiger partial charge on any atom is -0.493 e. The lowest BCUT2D eigenvalue weighted by molar-refractivity contribution is -0.385. The third-order valence-electron chi connectivity index (χ3n) is 4.55. The molecule has 0 fully saturated rings. The monoisotopic (exact) mass is 450 g/mol. The molecule has 33 heavy (non-hydrogen) atoms. The molecule has 1 aromatic heterocycles. The number of ether oxygens (including phenoxy) is 2. The summed E-state index contributed by atoms with van der Waals surface area (Å²) in [5.41, 5.74) is 1.74. The summed E-state index contributed by atoms with van der Waals surface area (Å²) in [6, 6.07) is 12.3. The number of aryl methyl sites for hydroxylation is 2. The molecule has 170 valence electrons. The van der Waals surface area contributed by atoms with Crippen LogP contribution in [0, 0.1) is 17.0 Å². The first-order valence-electron chi connectivity index (χ1n) is 9.84. The number of anilines is 1. The van der Waals surface area contributed by atoms with Crippen molar-refractivity contribution in [2.45, 2.75) is 6.92 Å². The van der Waals surface area contributed by atoms with Gasteiger partial charge in [0.25, 0.3) is 5.91 Å². The van der Waals surface area contributed by atoms with Gasteiger partial charge in [0.1, 0.15) is 6.20 Å². The molecule has 10 nitrogen and oxygen atoms in total. The zero-order valence-electron chi connectivity index (χ0n) is 18.3. The van der Waals surface area contributed by atoms with Crippen LogP contribution in [0.15, 0.2) is 54.7 Å². The van der Waals surface area contributed by atoms with Crippen molar-refractivity contribution in [2.75, 3.05) is 19.0 Å². The summed E-state index contributed by atoms with van der Waals surface area (Å²) in [5, 5.41) is 17.7. The molecule has 0 radical (unpaired) electrons. The molecule has 1 heterocycles. The van der Waals surface area contributed by atoms with Crippen LogP contribution in [0.2, 0.25) is 0 Å². The topological polar surface area (TPSA) is 126 Å². The van der Waals surface area contributed by atoms with Gasteiger partial charge in [0.05, 0.1) is 12.0 Å². The Bertz CT molecular complexity index is 1210. The van der Waals surface area contributed by atoms with E-state index in [4.69, 9.17) is 9.47 Å². The van der Waals surface area contributed by atoms with Crippen LogP contribution in [-0.2, 0) is 11.8 Å². The maximum Gasteiger partial charge on any atom is 0.318 e. The van der Waals surface area contributed by atoms with Crippen molar-refractivity contribution in [3.8, 4) is 11.5 Å². The van der Waals surface area contributed by atoms with E-state index in [0.717, 1.165) is 5.56 Å². The lowest BCUT2D eigenvalue weighted by Gasteiger charge is -2.11. The van der Waals surface area contributed by atoms with Crippen LogP contribution >= 0.6 is 0 Å². The molecule has 3 rings (SSSR count). The number of aromatic nitrogens is 2. The molecule has 0 spiro atoms. The predicted molar refractivity (Wildman–Crippen MR) is 122 cm³/mol. The summed E-state index contributed by atoms with van der Waals surface area (Å²) in [6.07, 6.45) is 3.85. The first-order chi connectivity index (χ1) is 15.8. The van der Waals surface area contributed by atoms with Crippen molar-refractivity contribution in [1.82, 2.24) is 9.78 Å². The zero-order chi connectivity index (χ0) is 24.0. The van der Waals surface area contributed by atoms with E-state index < -0.39 is 10.7 Å². The van der Waals surface area contributed by atoms with Gasteiger partial charge < -0.3 is 14.8 Å². The second-order valence-electron chi connectivity index (χ2n) is 7.10. The highest BCUT2D eigenvalue weighted by atomic mass is 16.6. The van der Waals surface area contributed by atoms with Crippen LogP contribution in [0.25, 0.3) is 6.08 Å². The average Bonchev–Trinajstić information content (AvgIpc) is 3.20. The van der Waals surface area contributed by atoms with E-state index in [1.165, 1.54) is 37.2 Å². The minimum absolute atomic E-state index is 0.221. The van der Waals surface area contributed by atoms with Gasteiger partial charge in [-0.3, -0.25) is 24.4 Å². The molecule has 1 N–H and O–H groups in total. The number of methoxy groups -OCH3 is 1. The molecular weight excluding hydrogens is 428 g/mol. The maximum atomic E-state index is 12.4. The van der Waals surface area contributed by atoms with E-state index in [1.807, 2.05) is 19.1 Å². The van der Waals surface area contributed by atoms with Gasteiger partial charge in [-0.1, -0.05) is 29.8 Å². The van der Waals surface area contributed by atoms with Crippen molar-refractivity contribution in [1.29, 1.82) is 0 Å². The van der Waals surface area contributed by atoms with Gasteiger partial charge in [-0.2, -0.15) is 5.10 Å². The van der Waals surface area contributed by atoms with Crippen molar-refractivity contribution in [3.05, 3.63) is 81.7 Å².